The van der Waals surface area contributed by atoms with E-state index >= 15 is 0 Å². The topological polar surface area (TPSA) is 39.4 Å². The van der Waals surface area contributed by atoms with Crippen LogP contribution in [-0.2, 0) is 0 Å². The van der Waals surface area contributed by atoms with Crippen molar-refractivity contribution in [3.8, 4) is 5.75 Å². The van der Waals surface area contributed by atoms with Gasteiger partial charge in [0, 0.05) is 22.4 Å². The molecule has 2 aromatic rings. The normalized spacial score (nSPS) is 33.6. The van der Waals surface area contributed by atoms with Gasteiger partial charge in [-0.1, -0.05) is 12.8 Å². The van der Waals surface area contributed by atoms with Crippen molar-refractivity contribution in [1.29, 1.82) is 0 Å². The molecule has 0 saturated heterocycles. The van der Waals surface area contributed by atoms with Gasteiger partial charge in [0.05, 0.1) is 7.11 Å². The van der Waals surface area contributed by atoms with Gasteiger partial charge in [-0.3, -0.25) is 4.79 Å². The van der Waals surface area contributed by atoms with Crippen LogP contribution in [0, 0.1) is 30.1 Å². The maximum Gasteiger partial charge on any atom is 0.204 e. The zero-order valence-corrected chi connectivity index (χ0v) is 15.1. The maximum absolute atomic E-state index is 13.7. The van der Waals surface area contributed by atoms with E-state index in [9.17, 15) is 4.79 Å². The van der Waals surface area contributed by atoms with Gasteiger partial charge in [0.1, 0.15) is 11.3 Å². The number of ketones is 1. The van der Waals surface area contributed by atoms with Crippen molar-refractivity contribution in [3.05, 3.63) is 29.5 Å². The van der Waals surface area contributed by atoms with E-state index in [1.807, 2.05) is 25.1 Å². The van der Waals surface area contributed by atoms with Crippen molar-refractivity contribution < 1.29 is 13.9 Å². The van der Waals surface area contributed by atoms with Gasteiger partial charge in [-0.05, 0) is 68.9 Å². The molecule has 132 valence electrons. The Hall–Kier alpha value is -1.77. The van der Waals surface area contributed by atoms with Crippen LogP contribution in [0.4, 0.5) is 0 Å². The molecule has 0 radical (unpaired) electrons. The summed E-state index contributed by atoms with van der Waals surface area (Å²) in [7, 11) is 1.65. The predicted molar refractivity (Wildman–Crippen MR) is 97.1 cm³/mol. The van der Waals surface area contributed by atoms with Crippen LogP contribution in [-0.4, -0.2) is 12.9 Å². The van der Waals surface area contributed by atoms with E-state index in [0.29, 0.717) is 5.76 Å². The summed E-state index contributed by atoms with van der Waals surface area (Å²) in [6.45, 7) is 2.03. The molecule has 4 atom stereocenters. The van der Waals surface area contributed by atoms with Crippen molar-refractivity contribution in [3.63, 3.8) is 0 Å². The average molecular weight is 338 g/mol. The van der Waals surface area contributed by atoms with Gasteiger partial charge < -0.3 is 9.15 Å². The van der Waals surface area contributed by atoms with Crippen molar-refractivity contribution in [2.24, 2.45) is 23.2 Å². The number of Topliss-reactive ketones (excluding diaryl/α,β-unsaturated/α-hetero) is 1. The smallest absolute Gasteiger partial charge is 0.204 e. The number of rotatable bonds is 3. The van der Waals surface area contributed by atoms with Crippen LogP contribution in [0.15, 0.2) is 22.6 Å². The van der Waals surface area contributed by atoms with E-state index in [1.54, 1.807) is 7.11 Å². The highest BCUT2D eigenvalue weighted by atomic mass is 16.5. The van der Waals surface area contributed by atoms with Crippen molar-refractivity contribution in [2.75, 3.05) is 7.11 Å². The quantitative estimate of drug-likeness (QED) is 0.690. The minimum absolute atomic E-state index is 0.165. The van der Waals surface area contributed by atoms with Gasteiger partial charge in [-0.2, -0.15) is 0 Å². The summed E-state index contributed by atoms with van der Waals surface area (Å²) in [5.74, 6) is 4.06. The molecular weight excluding hydrogens is 312 g/mol. The molecule has 3 heteroatoms. The average Bonchev–Trinajstić information content (AvgIpc) is 3.05. The molecule has 3 nitrogen and oxygen atoms in total. The van der Waals surface area contributed by atoms with Gasteiger partial charge in [-0.15, -0.1) is 0 Å². The third-order valence-corrected chi connectivity index (χ3v) is 7.33. The number of fused-ring (bicyclic) bond motifs is 3. The molecule has 0 N–H and O–H groups in total. The van der Waals surface area contributed by atoms with Crippen LogP contribution >= 0.6 is 0 Å². The Balaban J connectivity index is 1.57. The van der Waals surface area contributed by atoms with Crippen molar-refractivity contribution in [2.45, 2.75) is 51.9 Å². The second-order valence-corrected chi connectivity index (χ2v) is 8.69. The molecule has 25 heavy (non-hydrogen) atoms. The summed E-state index contributed by atoms with van der Waals surface area (Å²) in [5, 5.41) is 1.03. The lowest BCUT2D eigenvalue weighted by Gasteiger charge is -2.38. The minimum Gasteiger partial charge on any atom is -0.497 e. The number of carbonyl (C=O) groups excluding carboxylic acids is 1. The molecule has 0 aliphatic heterocycles. The Bertz CT molecular complexity index is 848. The molecule has 3 fully saturated rings. The summed E-state index contributed by atoms with van der Waals surface area (Å²) in [4.78, 5) is 13.7. The number of ether oxygens (including phenoxy) is 1. The lowest BCUT2D eigenvalue weighted by molar-refractivity contribution is 0.0581. The largest absolute Gasteiger partial charge is 0.497 e. The monoisotopic (exact) mass is 338 g/mol. The molecule has 3 aliphatic rings. The van der Waals surface area contributed by atoms with Crippen LogP contribution in [0.25, 0.3) is 11.0 Å². The molecule has 5 rings (SSSR count). The summed E-state index contributed by atoms with van der Waals surface area (Å²) in [6.07, 6.45) is 8.46. The number of hydrogen-bond donors (Lipinski definition) is 0. The minimum atomic E-state index is -0.165. The molecular formula is C22H26O3. The fraction of sp³-hybridized carbons (Fsp3) is 0.591. The SMILES string of the molecule is COc1ccc2c(C)c(C(=O)C34CCCC5CC(CC5C3)C4)oc2c1. The second-order valence-electron chi connectivity index (χ2n) is 8.69. The van der Waals surface area contributed by atoms with E-state index in [2.05, 4.69) is 0 Å². The van der Waals surface area contributed by atoms with E-state index in [1.165, 1.54) is 25.7 Å². The summed E-state index contributed by atoms with van der Waals surface area (Å²) in [6, 6.07) is 5.84. The maximum atomic E-state index is 13.7. The first-order valence-corrected chi connectivity index (χ1v) is 9.71. The lowest BCUT2D eigenvalue weighted by atomic mass is 9.64. The van der Waals surface area contributed by atoms with Crippen molar-refractivity contribution >= 4 is 16.8 Å². The summed E-state index contributed by atoms with van der Waals surface area (Å²) < 4.78 is 11.4. The highest BCUT2D eigenvalue weighted by Crippen LogP contribution is 2.59. The molecule has 3 saturated carbocycles. The van der Waals surface area contributed by atoms with Crippen LogP contribution in [0.2, 0.25) is 0 Å². The fourth-order valence-electron chi connectivity index (χ4n) is 6.24. The van der Waals surface area contributed by atoms with Gasteiger partial charge in [0.25, 0.3) is 0 Å². The first-order valence-electron chi connectivity index (χ1n) is 9.71. The Morgan fingerprint density at radius 1 is 1.24 bits per heavy atom. The van der Waals surface area contributed by atoms with E-state index in [4.69, 9.17) is 9.15 Å². The predicted octanol–water partition coefficient (Wildman–Crippen LogP) is 5.54. The van der Waals surface area contributed by atoms with E-state index in [-0.39, 0.29) is 11.2 Å². The highest BCUT2D eigenvalue weighted by molar-refractivity contribution is 6.03. The van der Waals surface area contributed by atoms with Gasteiger partial charge in [0.15, 0.2) is 5.76 Å². The summed E-state index contributed by atoms with van der Waals surface area (Å²) >= 11 is 0. The third-order valence-electron chi connectivity index (χ3n) is 7.33. The number of benzene rings is 1. The van der Waals surface area contributed by atoms with Crippen LogP contribution in [0.1, 0.15) is 61.1 Å². The zero-order valence-electron chi connectivity index (χ0n) is 15.1. The molecule has 3 bridgehead atoms. The number of methoxy groups -OCH3 is 1. The first-order chi connectivity index (χ1) is 12.1. The number of aryl methyl sites for hydroxylation is 1. The number of carbonyl (C=O) groups is 1. The second kappa shape index (κ2) is 5.36. The van der Waals surface area contributed by atoms with Crippen LogP contribution in [0.5, 0.6) is 5.75 Å². The molecule has 3 aliphatic carbocycles. The molecule has 4 unspecified atom stereocenters. The van der Waals surface area contributed by atoms with Gasteiger partial charge >= 0.3 is 0 Å². The van der Waals surface area contributed by atoms with Gasteiger partial charge in [0.2, 0.25) is 5.78 Å². The Kier molecular flexibility index (Phi) is 3.32. The van der Waals surface area contributed by atoms with Crippen LogP contribution in [0.3, 0.4) is 0 Å². The van der Waals surface area contributed by atoms with Crippen molar-refractivity contribution in [1.82, 2.24) is 0 Å². The standard InChI is InChI=1S/C22H26O3/c1-13-18-6-5-17(24-2)10-19(18)25-20(13)21(23)22-7-3-4-15-8-14(11-22)9-16(15)12-22/h5-6,10,14-16H,3-4,7-9,11-12H2,1-2H3. The Morgan fingerprint density at radius 2 is 2.08 bits per heavy atom. The zero-order chi connectivity index (χ0) is 17.2. The van der Waals surface area contributed by atoms with E-state index in [0.717, 1.165) is 59.3 Å². The molecule has 0 amide bonds. The Morgan fingerprint density at radius 3 is 2.92 bits per heavy atom. The van der Waals surface area contributed by atoms with Gasteiger partial charge in [-0.25, -0.2) is 0 Å². The Labute approximate surface area is 148 Å². The first kappa shape index (κ1) is 15.5. The molecule has 1 aromatic heterocycles. The number of furan rings is 1. The highest BCUT2D eigenvalue weighted by Gasteiger charge is 2.53. The number of hydrogen-bond acceptors (Lipinski definition) is 3. The molecule has 1 heterocycles. The summed E-state index contributed by atoms with van der Waals surface area (Å²) in [5.41, 5.74) is 1.60. The molecule has 0 spiro atoms. The molecule has 1 aromatic carbocycles. The van der Waals surface area contributed by atoms with Crippen LogP contribution < -0.4 is 4.74 Å². The fourth-order valence-corrected chi connectivity index (χ4v) is 6.24. The third kappa shape index (κ3) is 2.21. The van der Waals surface area contributed by atoms with E-state index < -0.39 is 0 Å². The lowest BCUT2D eigenvalue weighted by Crippen LogP contribution is -2.37.